The second-order valence-corrected chi connectivity index (χ2v) is 5.51. The lowest BCUT2D eigenvalue weighted by atomic mass is 10.1. The number of nitrogens with zero attached hydrogens (tertiary/aromatic N) is 2. The average Bonchev–Trinajstić information content (AvgIpc) is 3.06. The van der Waals surface area contributed by atoms with Crippen LogP contribution in [-0.4, -0.2) is 34.4 Å². The van der Waals surface area contributed by atoms with Crippen molar-refractivity contribution in [3.63, 3.8) is 0 Å². The predicted octanol–water partition coefficient (Wildman–Crippen LogP) is 2.38. The fourth-order valence-corrected chi connectivity index (χ4v) is 2.84. The molecule has 0 aliphatic heterocycles. The predicted molar refractivity (Wildman–Crippen MR) is 82.5 cm³/mol. The van der Waals surface area contributed by atoms with E-state index < -0.39 is 0 Å². The summed E-state index contributed by atoms with van der Waals surface area (Å²) >= 11 is 0. The molecule has 0 bridgehead atoms. The maximum Gasteiger partial charge on any atom is 0.254 e. The highest BCUT2D eigenvalue weighted by Crippen LogP contribution is 2.25. The Morgan fingerprint density at radius 3 is 2.48 bits per heavy atom. The molecule has 114 valence electrons. The lowest BCUT2D eigenvalue weighted by Gasteiger charge is -2.28. The molecule has 1 saturated carbocycles. The highest BCUT2D eigenvalue weighted by atomic mass is 16.4. The maximum absolute atomic E-state index is 12.7. The monoisotopic (exact) mass is 289 g/mol. The Balaban J connectivity index is 2.19. The Morgan fingerprint density at radius 1 is 1.33 bits per heavy atom. The van der Waals surface area contributed by atoms with Crippen molar-refractivity contribution in [3.8, 4) is 0 Å². The summed E-state index contributed by atoms with van der Waals surface area (Å²) in [7, 11) is 0. The summed E-state index contributed by atoms with van der Waals surface area (Å²) in [6.45, 7) is 2.26. The van der Waals surface area contributed by atoms with E-state index in [4.69, 9.17) is 10.9 Å². The minimum atomic E-state index is -0.0452. The third kappa shape index (κ3) is 3.74. The van der Waals surface area contributed by atoms with Gasteiger partial charge < -0.3 is 15.8 Å². The number of rotatable bonds is 5. The Labute approximate surface area is 125 Å². The topological polar surface area (TPSA) is 78.9 Å². The van der Waals surface area contributed by atoms with Gasteiger partial charge in [-0.05, 0) is 37.0 Å². The lowest BCUT2D eigenvalue weighted by Crippen LogP contribution is -2.44. The zero-order valence-corrected chi connectivity index (χ0v) is 12.5. The van der Waals surface area contributed by atoms with Gasteiger partial charge in [-0.1, -0.05) is 37.1 Å². The van der Waals surface area contributed by atoms with Crippen LogP contribution in [0.5, 0.6) is 0 Å². The molecule has 5 heteroatoms. The molecule has 1 aliphatic carbocycles. The van der Waals surface area contributed by atoms with Crippen LogP contribution in [-0.2, 0) is 6.42 Å². The molecule has 0 spiro atoms. The van der Waals surface area contributed by atoms with Gasteiger partial charge in [-0.15, -0.1) is 0 Å². The molecule has 1 fully saturated rings. The molecule has 1 aliphatic rings. The zero-order chi connectivity index (χ0) is 15.2. The van der Waals surface area contributed by atoms with E-state index in [1.54, 1.807) is 4.90 Å². The molecule has 0 atom stereocenters. The number of carbonyl (C=O) groups excluding carboxylic acids is 1. The number of amides is 1. The fraction of sp³-hybridized carbons (Fsp3) is 0.500. The van der Waals surface area contributed by atoms with Crippen molar-refractivity contribution in [1.29, 1.82) is 0 Å². The van der Waals surface area contributed by atoms with Crippen molar-refractivity contribution in [1.82, 2.24) is 4.90 Å². The van der Waals surface area contributed by atoms with Crippen molar-refractivity contribution in [2.45, 2.75) is 45.1 Å². The van der Waals surface area contributed by atoms with Gasteiger partial charge in [-0.2, -0.15) is 0 Å². The summed E-state index contributed by atoms with van der Waals surface area (Å²) in [5.41, 5.74) is 7.47. The summed E-state index contributed by atoms with van der Waals surface area (Å²) in [5, 5.41) is 11.8. The van der Waals surface area contributed by atoms with E-state index in [1.807, 2.05) is 24.3 Å². The number of carbonyl (C=O) groups is 1. The van der Waals surface area contributed by atoms with E-state index in [0.717, 1.165) is 32.1 Å². The van der Waals surface area contributed by atoms with Crippen molar-refractivity contribution in [2.24, 2.45) is 10.9 Å². The number of nitrogens with two attached hydrogens (primary N) is 1. The first-order valence-corrected chi connectivity index (χ1v) is 7.52. The summed E-state index contributed by atoms with van der Waals surface area (Å²) in [6.07, 6.45) is 5.17. The molecule has 21 heavy (non-hydrogen) atoms. The molecule has 0 aromatic heterocycles. The maximum atomic E-state index is 12.7. The number of hydrogen-bond acceptors (Lipinski definition) is 3. The summed E-state index contributed by atoms with van der Waals surface area (Å²) in [5.74, 6) is 0.0246. The highest BCUT2D eigenvalue weighted by Gasteiger charge is 2.28. The summed E-state index contributed by atoms with van der Waals surface area (Å²) in [6, 6.07) is 7.85. The van der Waals surface area contributed by atoms with Gasteiger partial charge in [0, 0.05) is 11.6 Å². The van der Waals surface area contributed by atoms with Crippen LogP contribution < -0.4 is 5.73 Å². The van der Waals surface area contributed by atoms with Crippen LogP contribution in [0.3, 0.4) is 0 Å². The standard InChI is InChI=1S/C16H23N3O2/c1-2-12-7-9-13(10-8-12)16(20)19(11-15(17)18-21)14-5-3-4-6-14/h7-10,14,21H,2-6,11H2,1H3,(H2,17,18). The van der Waals surface area contributed by atoms with Crippen LogP contribution in [0.1, 0.15) is 48.5 Å². The number of benzene rings is 1. The molecule has 1 amide bonds. The third-order valence-corrected chi connectivity index (χ3v) is 4.10. The summed E-state index contributed by atoms with van der Waals surface area (Å²) in [4.78, 5) is 14.5. The van der Waals surface area contributed by atoms with E-state index in [1.165, 1.54) is 5.56 Å². The van der Waals surface area contributed by atoms with Crippen LogP contribution in [0.2, 0.25) is 0 Å². The van der Waals surface area contributed by atoms with Gasteiger partial charge in [0.2, 0.25) is 0 Å². The molecule has 2 rings (SSSR count). The quantitative estimate of drug-likeness (QED) is 0.378. The van der Waals surface area contributed by atoms with Gasteiger partial charge in [0.25, 0.3) is 5.91 Å². The number of hydrogen-bond donors (Lipinski definition) is 2. The Hall–Kier alpha value is -2.04. The first-order chi connectivity index (χ1) is 10.2. The number of amidine groups is 1. The normalized spacial score (nSPS) is 16.1. The molecule has 5 nitrogen and oxygen atoms in total. The fourth-order valence-electron chi connectivity index (χ4n) is 2.84. The molecule has 0 unspecified atom stereocenters. The molecule has 1 aromatic carbocycles. The minimum Gasteiger partial charge on any atom is -0.409 e. The molecule has 1 aromatic rings. The lowest BCUT2D eigenvalue weighted by molar-refractivity contribution is 0.0712. The Morgan fingerprint density at radius 2 is 1.95 bits per heavy atom. The number of aryl methyl sites for hydroxylation is 1. The summed E-state index contributed by atoms with van der Waals surface area (Å²) < 4.78 is 0. The first-order valence-electron chi connectivity index (χ1n) is 7.52. The van der Waals surface area contributed by atoms with Gasteiger partial charge in [-0.3, -0.25) is 4.79 Å². The van der Waals surface area contributed by atoms with Crippen LogP contribution >= 0.6 is 0 Å². The van der Waals surface area contributed by atoms with Crippen LogP contribution in [0.25, 0.3) is 0 Å². The van der Waals surface area contributed by atoms with Crippen LogP contribution in [0.15, 0.2) is 29.4 Å². The van der Waals surface area contributed by atoms with E-state index in [-0.39, 0.29) is 24.3 Å². The molecule has 0 radical (unpaired) electrons. The highest BCUT2D eigenvalue weighted by molar-refractivity contribution is 5.97. The second kappa shape index (κ2) is 7.11. The molecule has 3 N–H and O–H groups in total. The average molecular weight is 289 g/mol. The largest absolute Gasteiger partial charge is 0.409 e. The van der Waals surface area contributed by atoms with Crippen LogP contribution in [0.4, 0.5) is 0 Å². The van der Waals surface area contributed by atoms with Gasteiger partial charge in [-0.25, -0.2) is 0 Å². The zero-order valence-electron chi connectivity index (χ0n) is 12.5. The van der Waals surface area contributed by atoms with Gasteiger partial charge in [0.15, 0.2) is 5.84 Å². The first kappa shape index (κ1) is 15.4. The van der Waals surface area contributed by atoms with Crippen LogP contribution in [0, 0.1) is 0 Å². The third-order valence-electron chi connectivity index (χ3n) is 4.10. The second-order valence-electron chi connectivity index (χ2n) is 5.51. The van der Waals surface area contributed by atoms with Gasteiger partial charge in [0.1, 0.15) is 0 Å². The van der Waals surface area contributed by atoms with E-state index >= 15 is 0 Å². The van der Waals surface area contributed by atoms with Crippen molar-refractivity contribution in [2.75, 3.05) is 6.54 Å². The Kier molecular flexibility index (Phi) is 5.20. The van der Waals surface area contributed by atoms with E-state index in [9.17, 15) is 4.79 Å². The van der Waals surface area contributed by atoms with E-state index in [2.05, 4.69) is 12.1 Å². The molecule has 0 saturated heterocycles. The van der Waals surface area contributed by atoms with Gasteiger partial charge in [0.05, 0.1) is 6.54 Å². The van der Waals surface area contributed by atoms with Crippen molar-refractivity contribution >= 4 is 11.7 Å². The smallest absolute Gasteiger partial charge is 0.254 e. The van der Waals surface area contributed by atoms with E-state index in [0.29, 0.717) is 5.56 Å². The molecule has 0 heterocycles. The SMILES string of the molecule is CCc1ccc(C(=O)N(CC(N)=NO)C2CCCC2)cc1. The minimum absolute atomic E-state index is 0.0452. The van der Waals surface area contributed by atoms with Gasteiger partial charge >= 0.3 is 0 Å². The molecular formula is C16H23N3O2. The van der Waals surface area contributed by atoms with Crippen molar-refractivity contribution in [3.05, 3.63) is 35.4 Å². The van der Waals surface area contributed by atoms with Crippen molar-refractivity contribution < 1.29 is 10.0 Å². The Bertz CT molecular complexity index is 505. The molecular weight excluding hydrogens is 266 g/mol. The number of oxime groups is 1.